The summed E-state index contributed by atoms with van der Waals surface area (Å²) in [7, 11) is -3.70. The van der Waals surface area contributed by atoms with Gasteiger partial charge in [-0.2, -0.15) is 4.31 Å². The lowest BCUT2D eigenvalue weighted by Gasteiger charge is -2.30. The maximum Gasteiger partial charge on any atom is 0.309 e. The Labute approximate surface area is 195 Å². The number of anilines is 1. The van der Waals surface area contributed by atoms with E-state index in [4.69, 9.17) is 16.3 Å². The molecule has 176 valence electrons. The number of halogens is 1. The SMILES string of the molecule is Cc1ccc(NC(=O)COC(=O)C2CCN(S(=O)(=O)c3ccc(Cl)cc3)CC2)c([N+](=O)[O-])c1. The molecule has 10 nitrogen and oxygen atoms in total. The number of nitro benzene ring substituents is 1. The van der Waals surface area contributed by atoms with Crippen molar-refractivity contribution < 1.29 is 27.7 Å². The van der Waals surface area contributed by atoms with Gasteiger partial charge >= 0.3 is 5.97 Å². The van der Waals surface area contributed by atoms with E-state index >= 15 is 0 Å². The molecule has 0 atom stereocenters. The Morgan fingerprint density at radius 2 is 1.82 bits per heavy atom. The predicted molar refractivity (Wildman–Crippen MR) is 120 cm³/mol. The summed E-state index contributed by atoms with van der Waals surface area (Å²) in [5.41, 5.74) is 0.409. The minimum Gasteiger partial charge on any atom is -0.455 e. The molecular formula is C21H22ClN3O7S. The molecule has 2 aromatic carbocycles. The van der Waals surface area contributed by atoms with Gasteiger partial charge in [-0.3, -0.25) is 19.7 Å². The number of nitrogens with one attached hydrogen (secondary N) is 1. The van der Waals surface area contributed by atoms with Crippen LogP contribution < -0.4 is 5.32 Å². The van der Waals surface area contributed by atoms with Gasteiger partial charge in [-0.05, 0) is 55.7 Å². The highest BCUT2D eigenvalue weighted by Crippen LogP contribution is 2.27. The molecule has 0 radical (unpaired) electrons. The maximum atomic E-state index is 12.7. The van der Waals surface area contributed by atoms with E-state index in [1.165, 1.54) is 40.7 Å². The summed E-state index contributed by atoms with van der Waals surface area (Å²) >= 11 is 5.81. The van der Waals surface area contributed by atoms with E-state index in [0.717, 1.165) is 0 Å². The maximum absolute atomic E-state index is 12.7. The molecule has 0 aliphatic carbocycles. The predicted octanol–water partition coefficient (Wildman–Crippen LogP) is 3.14. The summed E-state index contributed by atoms with van der Waals surface area (Å²) in [5, 5.41) is 13.9. The van der Waals surface area contributed by atoms with E-state index in [0.29, 0.717) is 10.6 Å². The van der Waals surface area contributed by atoms with Gasteiger partial charge < -0.3 is 10.1 Å². The fourth-order valence-electron chi connectivity index (χ4n) is 3.43. The lowest BCUT2D eigenvalue weighted by molar-refractivity contribution is -0.384. The van der Waals surface area contributed by atoms with Crippen LogP contribution in [0.15, 0.2) is 47.4 Å². The first-order valence-corrected chi connectivity index (χ1v) is 11.9. The van der Waals surface area contributed by atoms with Crippen LogP contribution in [0.4, 0.5) is 11.4 Å². The number of benzene rings is 2. The van der Waals surface area contributed by atoms with Crippen molar-refractivity contribution in [1.29, 1.82) is 0 Å². The highest BCUT2D eigenvalue weighted by atomic mass is 35.5. The van der Waals surface area contributed by atoms with Gasteiger partial charge in [-0.15, -0.1) is 0 Å². The molecule has 0 bridgehead atoms. The number of hydrogen-bond acceptors (Lipinski definition) is 7. The van der Waals surface area contributed by atoms with E-state index in [9.17, 15) is 28.1 Å². The van der Waals surface area contributed by atoms with Crippen LogP contribution in [0.25, 0.3) is 0 Å². The van der Waals surface area contributed by atoms with Crippen LogP contribution in [0.1, 0.15) is 18.4 Å². The molecule has 12 heteroatoms. The second kappa shape index (κ2) is 10.3. The van der Waals surface area contributed by atoms with Crippen molar-refractivity contribution >= 4 is 44.9 Å². The Balaban J connectivity index is 1.51. The zero-order valence-electron chi connectivity index (χ0n) is 17.7. The molecule has 33 heavy (non-hydrogen) atoms. The van der Waals surface area contributed by atoms with Crippen molar-refractivity contribution in [1.82, 2.24) is 4.31 Å². The number of nitrogens with zero attached hydrogens (tertiary/aromatic N) is 2. The van der Waals surface area contributed by atoms with Gasteiger partial charge in [0.2, 0.25) is 10.0 Å². The third kappa shape index (κ3) is 6.06. The fourth-order valence-corrected chi connectivity index (χ4v) is 5.02. The molecule has 1 fully saturated rings. The molecule has 0 saturated carbocycles. The molecule has 3 rings (SSSR count). The summed E-state index contributed by atoms with van der Waals surface area (Å²) < 4.78 is 31.8. The molecule has 1 saturated heterocycles. The summed E-state index contributed by atoms with van der Waals surface area (Å²) in [4.78, 5) is 35.1. The molecule has 1 amide bonds. The zero-order chi connectivity index (χ0) is 24.2. The van der Waals surface area contributed by atoms with Crippen molar-refractivity contribution in [2.45, 2.75) is 24.7 Å². The number of ether oxygens (including phenoxy) is 1. The Hall–Kier alpha value is -3.02. The van der Waals surface area contributed by atoms with Crippen LogP contribution in [-0.4, -0.2) is 49.2 Å². The number of hydrogen-bond donors (Lipinski definition) is 1. The molecule has 1 aliphatic heterocycles. The molecule has 1 heterocycles. The van der Waals surface area contributed by atoms with Gasteiger partial charge in [0, 0.05) is 24.2 Å². The summed E-state index contributed by atoms with van der Waals surface area (Å²) in [6.07, 6.45) is 0.493. The van der Waals surface area contributed by atoms with E-state index in [1.54, 1.807) is 13.0 Å². The van der Waals surface area contributed by atoms with Gasteiger partial charge in [0.25, 0.3) is 11.6 Å². The number of sulfonamides is 1. The first-order valence-electron chi connectivity index (χ1n) is 10.0. The number of nitro groups is 1. The average molecular weight is 496 g/mol. The van der Waals surface area contributed by atoms with Gasteiger partial charge in [-0.1, -0.05) is 17.7 Å². The zero-order valence-corrected chi connectivity index (χ0v) is 19.3. The number of esters is 1. The van der Waals surface area contributed by atoms with E-state index in [-0.39, 0.29) is 42.2 Å². The van der Waals surface area contributed by atoms with Crippen molar-refractivity contribution in [3.8, 4) is 0 Å². The van der Waals surface area contributed by atoms with Crippen LogP contribution >= 0.6 is 11.6 Å². The molecule has 2 aromatic rings. The Bertz CT molecular complexity index is 1160. The second-order valence-corrected chi connectivity index (χ2v) is 9.94. The number of amides is 1. The largest absolute Gasteiger partial charge is 0.455 e. The minimum atomic E-state index is -3.70. The molecule has 0 unspecified atom stereocenters. The first-order chi connectivity index (χ1) is 15.6. The van der Waals surface area contributed by atoms with Crippen LogP contribution in [-0.2, 0) is 24.3 Å². The van der Waals surface area contributed by atoms with Crippen molar-refractivity contribution in [3.63, 3.8) is 0 Å². The highest BCUT2D eigenvalue weighted by Gasteiger charge is 2.33. The van der Waals surface area contributed by atoms with Gasteiger partial charge in [0.05, 0.1) is 15.7 Å². The smallest absolute Gasteiger partial charge is 0.309 e. The number of carbonyl (C=O) groups excluding carboxylic acids is 2. The number of carbonyl (C=O) groups is 2. The van der Waals surface area contributed by atoms with Crippen molar-refractivity contribution in [3.05, 3.63) is 63.2 Å². The van der Waals surface area contributed by atoms with Crippen LogP contribution in [0.5, 0.6) is 0 Å². The van der Waals surface area contributed by atoms with Crippen molar-refractivity contribution in [2.24, 2.45) is 5.92 Å². The number of aryl methyl sites for hydroxylation is 1. The Morgan fingerprint density at radius 1 is 1.18 bits per heavy atom. The highest BCUT2D eigenvalue weighted by molar-refractivity contribution is 7.89. The Kier molecular flexibility index (Phi) is 7.67. The standard InChI is InChI=1S/C21H22ClN3O7S/c1-14-2-7-18(19(12-14)25(28)29)23-20(26)13-32-21(27)15-8-10-24(11-9-15)33(30,31)17-5-3-16(22)4-6-17/h2-7,12,15H,8-11,13H2,1H3,(H,23,26). The van der Waals surface area contributed by atoms with Crippen LogP contribution in [0.3, 0.4) is 0 Å². The lowest BCUT2D eigenvalue weighted by Crippen LogP contribution is -2.40. The summed E-state index contributed by atoms with van der Waals surface area (Å²) in [5.74, 6) is -1.88. The second-order valence-electron chi connectivity index (χ2n) is 7.57. The van der Waals surface area contributed by atoms with Crippen LogP contribution in [0, 0.1) is 23.0 Å². The number of rotatable bonds is 7. The molecule has 0 aromatic heterocycles. The molecule has 1 aliphatic rings. The third-order valence-corrected chi connectivity index (χ3v) is 7.37. The minimum absolute atomic E-state index is 0.00682. The third-order valence-electron chi connectivity index (χ3n) is 5.21. The lowest BCUT2D eigenvalue weighted by atomic mass is 9.98. The van der Waals surface area contributed by atoms with Crippen LogP contribution in [0.2, 0.25) is 5.02 Å². The van der Waals surface area contributed by atoms with Crippen molar-refractivity contribution in [2.75, 3.05) is 25.0 Å². The van der Waals surface area contributed by atoms with Gasteiger partial charge in [-0.25, -0.2) is 8.42 Å². The molecular weight excluding hydrogens is 474 g/mol. The Morgan fingerprint density at radius 3 is 2.42 bits per heavy atom. The topological polar surface area (TPSA) is 136 Å². The quantitative estimate of drug-likeness (QED) is 0.354. The van der Waals surface area contributed by atoms with E-state index < -0.39 is 39.3 Å². The van der Waals surface area contributed by atoms with E-state index in [1.807, 2.05) is 0 Å². The van der Waals surface area contributed by atoms with Gasteiger partial charge in [0.15, 0.2) is 6.61 Å². The molecule has 0 spiro atoms. The monoisotopic (exact) mass is 495 g/mol. The van der Waals surface area contributed by atoms with E-state index in [2.05, 4.69) is 5.32 Å². The first kappa shape index (κ1) is 24.6. The number of piperidine rings is 1. The fraction of sp³-hybridized carbons (Fsp3) is 0.333. The normalized spacial score (nSPS) is 15.1. The average Bonchev–Trinajstić information content (AvgIpc) is 2.79. The summed E-state index contributed by atoms with van der Waals surface area (Å²) in [6, 6.07) is 10.2. The molecule has 1 N–H and O–H groups in total. The summed E-state index contributed by atoms with van der Waals surface area (Å²) in [6.45, 7) is 1.35. The van der Waals surface area contributed by atoms with Gasteiger partial charge in [0.1, 0.15) is 5.69 Å².